The van der Waals surface area contributed by atoms with Crippen LogP contribution in [0.15, 0.2) is 24.8 Å². The fourth-order valence-corrected chi connectivity index (χ4v) is 1.95. The number of nitrogens with zero attached hydrogens (tertiary/aromatic N) is 1. The van der Waals surface area contributed by atoms with Crippen molar-refractivity contribution in [3.8, 4) is 5.75 Å². The highest BCUT2D eigenvalue weighted by Gasteiger charge is 2.16. The molecule has 6 nitrogen and oxygen atoms in total. The zero-order valence-corrected chi connectivity index (χ0v) is 11.2. The van der Waals surface area contributed by atoms with E-state index in [9.17, 15) is 9.90 Å². The third kappa shape index (κ3) is 2.91. The van der Waals surface area contributed by atoms with Gasteiger partial charge in [0.05, 0.1) is 16.4 Å². The Hall–Kier alpha value is -1.92. The van der Waals surface area contributed by atoms with Gasteiger partial charge in [0.15, 0.2) is 12.3 Å². The Morgan fingerprint density at radius 2 is 2.26 bits per heavy atom. The molecule has 1 heterocycles. The Balaban J connectivity index is 2.17. The van der Waals surface area contributed by atoms with Crippen molar-refractivity contribution in [1.82, 2.24) is 4.98 Å². The van der Waals surface area contributed by atoms with E-state index in [1.807, 2.05) is 0 Å². The number of rotatable bonds is 3. The molecule has 2 aromatic rings. The first-order valence-corrected chi connectivity index (χ1v) is 6.02. The Bertz CT molecular complexity index is 614. The highest BCUT2D eigenvalue weighted by molar-refractivity contribution is 6.40. The van der Waals surface area contributed by atoms with Crippen LogP contribution in [0.1, 0.15) is 0 Å². The Morgan fingerprint density at radius 3 is 2.89 bits per heavy atom. The molecule has 0 saturated heterocycles. The van der Waals surface area contributed by atoms with E-state index < -0.39 is 0 Å². The molecule has 100 valence electrons. The molecule has 0 radical (unpaired) electrons. The molecule has 2 rings (SSSR count). The molecule has 19 heavy (non-hydrogen) atoms. The quantitative estimate of drug-likeness (QED) is 0.393. The van der Waals surface area contributed by atoms with Crippen LogP contribution in [0.2, 0.25) is 10.0 Å². The lowest BCUT2D eigenvalue weighted by atomic mass is 10.2. The van der Waals surface area contributed by atoms with Crippen LogP contribution in [0.4, 0.5) is 11.4 Å². The van der Waals surface area contributed by atoms with Crippen molar-refractivity contribution < 1.29 is 14.5 Å². The lowest BCUT2D eigenvalue weighted by molar-refractivity contribution is -0.682. The van der Waals surface area contributed by atoms with Gasteiger partial charge in [0.1, 0.15) is 17.4 Å². The van der Waals surface area contributed by atoms with E-state index in [4.69, 9.17) is 28.9 Å². The number of hydrogen-bond acceptors (Lipinski definition) is 3. The summed E-state index contributed by atoms with van der Waals surface area (Å²) in [5, 5.41) is 12.4. The molecule has 1 amide bonds. The minimum absolute atomic E-state index is 0.0684. The van der Waals surface area contributed by atoms with Crippen molar-refractivity contribution in [2.45, 2.75) is 6.54 Å². The molecule has 0 bridgehead atoms. The summed E-state index contributed by atoms with van der Waals surface area (Å²) in [6.07, 6.45) is 5.01. The molecule has 0 aliphatic carbocycles. The number of aromatic hydroxyl groups is 1. The second-order valence-corrected chi connectivity index (χ2v) is 4.60. The normalized spacial score (nSPS) is 10.4. The maximum absolute atomic E-state index is 11.8. The molecule has 0 aliphatic heterocycles. The minimum Gasteiger partial charge on any atom is -0.504 e. The number of benzene rings is 1. The number of hydrogen-bond donors (Lipinski definition) is 4. The van der Waals surface area contributed by atoms with Gasteiger partial charge in [-0.1, -0.05) is 23.2 Å². The molecule has 0 saturated carbocycles. The standard InChI is InChI=1S/C11H10Cl2N4O2/c12-6-3-7(11(19)9(13)10(6)14)16-8(18)4-17-2-1-15-5-17/h1-3,5H,4,14H2,(H2,16,18,19)/p+1. The van der Waals surface area contributed by atoms with Gasteiger partial charge in [-0.15, -0.1) is 0 Å². The molecule has 0 aliphatic rings. The van der Waals surface area contributed by atoms with Crippen molar-refractivity contribution in [2.75, 3.05) is 11.1 Å². The predicted octanol–water partition coefficient (Wildman–Crippen LogP) is 1.54. The van der Waals surface area contributed by atoms with Gasteiger partial charge >= 0.3 is 0 Å². The van der Waals surface area contributed by atoms with E-state index in [1.54, 1.807) is 23.3 Å². The summed E-state index contributed by atoms with van der Waals surface area (Å²) in [5.74, 6) is -0.646. The number of nitrogens with two attached hydrogens (primary N) is 1. The smallest absolute Gasteiger partial charge is 0.266 e. The molecule has 0 fully saturated rings. The fraction of sp³-hybridized carbons (Fsp3) is 0.0909. The number of phenols is 1. The number of nitrogen functional groups attached to an aromatic ring is 1. The van der Waals surface area contributed by atoms with Gasteiger partial charge in [-0.05, 0) is 6.07 Å². The summed E-state index contributed by atoms with van der Waals surface area (Å²) in [7, 11) is 0. The molecule has 5 N–H and O–H groups in total. The van der Waals surface area contributed by atoms with Gasteiger partial charge in [-0.3, -0.25) is 9.78 Å². The molecular formula is C11H11Cl2N4O2+. The number of phenolic OH excluding ortho intramolecular Hbond substituents is 1. The minimum atomic E-state index is -0.336. The van der Waals surface area contributed by atoms with Crippen molar-refractivity contribution in [1.29, 1.82) is 0 Å². The van der Waals surface area contributed by atoms with Crippen molar-refractivity contribution in [3.63, 3.8) is 0 Å². The van der Waals surface area contributed by atoms with E-state index in [2.05, 4.69) is 10.3 Å². The second-order valence-electron chi connectivity index (χ2n) is 3.81. The average Bonchev–Trinajstić information content (AvgIpc) is 2.86. The van der Waals surface area contributed by atoms with Gasteiger partial charge in [0, 0.05) is 0 Å². The Morgan fingerprint density at radius 1 is 1.53 bits per heavy atom. The van der Waals surface area contributed by atoms with Crippen LogP contribution < -0.4 is 15.6 Å². The second kappa shape index (κ2) is 5.38. The van der Waals surface area contributed by atoms with Crippen molar-refractivity contribution >= 4 is 40.5 Å². The van der Waals surface area contributed by atoms with Crippen LogP contribution >= 0.6 is 23.2 Å². The SMILES string of the molecule is Nc1c(Cl)cc(NC(=O)C[n+]2cc[nH]c2)c(O)c1Cl. The third-order valence-electron chi connectivity index (χ3n) is 2.43. The van der Waals surface area contributed by atoms with E-state index in [0.717, 1.165) is 0 Å². The van der Waals surface area contributed by atoms with Crippen molar-refractivity contribution in [2.24, 2.45) is 0 Å². The first-order chi connectivity index (χ1) is 8.99. The molecule has 1 aromatic carbocycles. The Labute approximate surface area is 118 Å². The molecule has 0 unspecified atom stereocenters. The molecular weight excluding hydrogens is 291 g/mol. The summed E-state index contributed by atoms with van der Waals surface area (Å²) in [6, 6.07) is 1.35. The maximum Gasteiger partial charge on any atom is 0.266 e. The lowest BCUT2D eigenvalue weighted by Gasteiger charge is -2.10. The molecule has 0 atom stereocenters. The van der Waals surface area contributed by atoms with Crippen LogP contribution in [0, 0.1) is 0 Å². The van der Waals surface area contributed by atoms with Gasteiger partial charge < -0.3 is 16.2 Å². The van der Waals surface area contributed by atoms with Crippen LogP contribution in [0.3, 0.4) is 0 Å². The van der Waals surface area contributed by atoms with Gasteiger partial charge in [0.25, 0.3) is 5.91 Å². The molecule has 0 spiro atoms. The number of carbonyl (C=O) groups excluding carboxylic acids is 1. The van der Waals surface area contributed by atoms with E-state index in [-0.39, 0.29) is 39.6 Å². The molecule has 8 heteroatoms. The summed E-state index contributed by atoms with van der Waals surface area (Å²) in [5.41, 5.74) is 5.73. The zero-order valence-electron chi connectivity index (χ0n) is 9.65. The van der Waals surface area contributed by atoms with Crippen LogP contribution in [0.5, 0.6) is 5.75 Å². The van der Waals surface area contributed by atoms with Gasteiger partial charge in [-0.25, -0.2) is 4.57 Å². The van der Waals surface area contributed by atoms with E-state index in [0.29, 0.717) is 0 Å². The third-order valence-corrected chi connectivity index (χ3v) is 3.13. The largest absolute Gasteiger partial charge is 0.504 e. The van der Waals surface area contributed by atoms with Crippen molar-refractivity contribution in [3.05, 3.63) is 34.8 Å². The predicted molar refractivity (Wildman–Crippen MR) is 72.2 cm³/mol. The number of nitrogens with one attached hydrogen (secondary N) is 2. The monoisotopic (exact) mass is 301 g/mol. The zero-order chi connectivity index (χ0) is 14.0. The van der Waals surface area contributed by atoms with Crippen LogP contribution in [-0.2, 0) is 11.3 Å². The molecule has 1 aromatic heterocycles. The van der Waals surface area contributed by atoms with E-state index in [1.165, 1.54) is 6.07 Å². The number of anilines is 2. The van der Waals surface area contributed by atoms with E-state index >= 15 is 0 Å². The first-order valence-electron chi connectivity index (χ1n) is 5.27. The average molecular weight is 302 g/mol. The number of aromatic amines is 1. The summed E-state index contributed by atoms with van der Waals surface area (Å²) in [4.78, 5) is 14.6. The number of aromatic nitrogens is 2. The van der Waals surface area contributed by atoms with Crippen LogP contribution in [-0.4, -0.2) is 16.0 Å². The number of amides is 1. The van der Waals surface area contributed by atoms with Crippen LogP contribution in [0.25, 0.3) is 0 Å². The topological polar surface area (TPSA) is 95.0 Å². The summed E-state index contributed by atoms with van der Waals surface area (Å²) < 4.78 is 1.63. The Kier molecular flexibility index (Phi) is 3.82. The number of carbonyl (C=O) groups is 1. The number of halogens is 2. The van der Waals surface area contributed by atoms with Gasteiger partial charge in [-0.2, -0.15) is 0 Å². The fourth-order valence-electron chi connectivity index (χ4n) is 1.49. The number of H-pyrrole nitrogens is 1. The highest BCUT2D eigenvalue weighted by Crippen LogP contribution is 2.40. The van der Waals surface area contributed by atoms with Gasteiger partial charge in [0.2, 0.25) is 6.33 Å². The summed E-state index contributed by atoms with van der Waals surface area (Å²) in [6.45, 7) is 0.0859. The first kappa shape index (κ1) is 13.5. The number of imidazole rings is 1. The lowest BCUT2D eigenvalue weighted by Crippen LogP contribution is -2.38. The summed E-state index contributed by atoms with van der Waals surface area (Å²) >= 11 is 11.6. The highest BCUT2D eigenvalue weighted by atomic mass is 35.5. The maximum atomic E-state index is 11.8.